The van der Waals surface area contributed by atoms with Gasteiger partial charge in [0, 0.05) is 32.8 Å². The summed E-state index contributed by atoms with van der Waals surface area (Å²) in [6, 6.07) is 0.499. The van der Waals surface area contributed by atoms with Gasteiger partial charge in [-0.15, -0.1) is 0 Å². The van der Waals surface area contributed by atoms with Gasteiger partial charge in [0.1, 0.15) is 0 Å². The van der Waals surface area contributed by atoms with E-state index in [-0.39, 0.29) is 11.8 Å². The Kier molecular flexibility index (Phi) is 5.41. The standard InChI is InChI=1S/C13H25N3O2/c1-18-8-7-16-6-2-3-12(16)10-15-13(17)11-4-5-14-9-11/h11-12,14H,2-10H2,1H3,(H,15,17). The molecule has 2 unspecified atom stereocenters. The molecular weight excluding hydrogens is 230 g/mol. The second kappa shape index (κ2) is 7.07. The molecule has 1 amide bonds. The third kappa shape index (κ3) is 3.67. The Morgan fingerprint density at radius 1 is 1.50 bits per heavy atom. The number of methoxy groups -OCH3 is 1. The van der Waals surface area contributed by atoms with E-state index in [1.54, 1.807) is 7.11 Å². The second-order valence-corrected chi connectivity index (χ2v) is 5.26. The molecule has 18 heavy (non-hydrogen) atoms. The summed E-state index contributed by atoms with van der Waals surface area (Å²) in [4.78, 5) is 14.4. The minimum absolute atomic E-state index is 0.179. The minimum atomic E-state index is 0.179. The van der Waals surface area contributed by atoms with Crippen molar-refractivity contribution in [3.63, 3.8) is 0 Å². The molecule has 2 rings (SSSR count). The van der Waals surface area contributed by atoms with Crippen LogP contribution >= 0.6 is 0 Å². The van der Waals surface area contributed by atoms with E-state index < -0.39 is 0 Å². The average molecular weight is 255 g/mol. The fraction of sp³-hybridized carbons (Fsp3) is 0.923. The van der Waals surface area contributed by atoms with Crippen LogP contribution in [0, 0.1) is 5.92 Å². The number of hydrogen-bond donors (Lipinski definition) is 2. The molecule has 0 spiro atoms. The summed E-state index contributed by atoms with van der Waals surface area (Å²) in [7, 11) is 1.74. The van der Waals surface area contributed by atoms with Crippen LogP contribution in [0.5, 0.6) is 0 Å². The van der Waals surface area contributed by atoms with Gasteiger partial charge in [-0.1, -0.05) is 0 Å². The number of hydrogen-bond acceptors (Lipinski definition) is 4. The molecule has 2 atom stereocenters. The molecule has 0 radical (unpaired) electrons. The summed E-state index contributed by atoms with van der Waals surface area (Å²) in [5.74, 6) is 0.400. The molecule has 2 N–H and O–H groups in total. The highest BCUT2D eigenvalue weighted by molar-refractivity contribution is 5.79. The van der Waals surface area contributed by atoms with Crippen LogP contribution in [-0.2, 0) is 9.53 Å². The highest BCUT2D eigenvalue weighted by Gasteiger charge is 2.26. The first-order valence-corrected chi connectivity index (χ1v) is 7.02. The van der Waals surface area contributed by atoms with Gasteiger partial charge >= 0.3 is 0 Å². The molecule has 0 bridgehead atoms. The van der Waals surface area contributed by atoms with E-state index in [1.165, 1.54) is 12.8 Å². The highest BCUT2D eigenvalue weighted by atomic mass is 16.5. The van der Waals surface area contributed by atoms with Crippen LogP contribution in [-0.4, -0.2) is 63.3 Å². The lowest BCUT2D eigenvalue weighted by Crippen LogP contribution is -2.43. The molecule has 2 saturated heterocycles. The van der Waals surface area contributed by atoms with Crippen molar-refractivity contribution in [2.75, 3.05) is 46.4 Å². The molecule has 0 aromatic carbocycles. The van der Waals surface area contributed by atoms with E-state index in [2.05, 4.69) is 15.5 Å². The molecule has 2 aliphatic heterocycles. The van der Waals surface area contributed by atoms with Gasteiger partial charge in [0.25, 0.3) is 0 Å². The molecule has 2 fully saturated rings. The Labute approximate surface area is 109 Å². The lowest BCUT2D eigenvalue weighted by Gasteiger charge is -2.24. The first-order chi connectivity index (χ1) is 8.81. The molecule has 0 aromatic heterocycles. The Bertz CT molecular complexity index is 267. The molecular formula is C13H25N3O2. The summed E-state index contributed by atoms with van der Waals surface area (Å²) in [6.07, 6.45) is 3.39. The fourth-order valence-electron chi connectivity index (χ4n) is 2.87. The number of nitrogens with one attached hydrogen (secondary N) is 2. The van der Waals surface area contributed by atoms with Gasteiger partial charge in [0.15, 0.2) is 0 Å². The van der Waals surface area contributed by atoms with Crippen molar-refractivity contribution >= 4 is 5.91 Å². The Hall–Kier alpha value is -0.650. The van der Waals surface area contributed by atoms with Gasteiger partial charge in [-0.05, 0) is 32.4 Å². The summed E-state index contributed by atoms with van der Waals surface area (Å²) in [5, 5.41) is 6.34. The smallest absolute Gasteiger partial charge is 0.224 e. The monoisotopic (exact) mass is 255 g/mol. The first-order valence-electron chi connectivity index (χ1n) is 7.02. The SMILES string of the molecule is COCCN1CCCC1CNC(=O)C1CCNC1. The fourth-order valence-corrected chi connectivity index (χ4v) is 2.87. The van der Waals surface area contributed by atoms with E-state index in [4.69, 9.17) is 4.74 Å². The molecule has 2 heterocycles. The summed E-state index contributed by atoms with van der Waals surface area (Å²) >= 11 is 0. The zero-order valence-corrected chi connectivity index (χ0v) is 11.3. The predicted molar refractivity (Wildman–Crippen MR) is 70.5 cm³/mol. The maximum absolute atomic E-state index is 11.9. The molecule has 5 nitrogen and oxygen atoms in total. The zero-order valence-electron chi connectivity index (χ0n) is 11.3. The van der Waals surface area contributed by atoms with Gasteiger partial charge in [-0.2, -0.15) is 0 Å². The summed E-state index contributed by atoms with van der Waals surface area (Å²) in [6.45, 7) is 5.48. The maximum atomic E-state index is 11.9. The Balaban J connectivity index is 1.69. The normalized spacial score (nSPS) is 28.7. The van der Waals surface area contributed by atoms with Crippen molar-refractivity contribution in [1.29, 1.82) is 0 Å². The van der Waals surface area contributed by atoms with E-state index in [0.717, 1.165) is 45.8 Å². The van der Waals surface area contributed by atoms with Crippen molar-refractivity contribution < 1.29 is 9.53 Å². The van der Waals surface area contributed by atoms with Crippen LogP contribution < -0.4 is 10.6 Å². The lowest BCUT2D eigenvalue weighted by molar-refractivity contribution is -0.124. The molecule has 0 aromatic rings. The first kappa shape index (κ1) is 13.8. The molecule has 0 saturated carbocycles. The Morgan fingerprint density at radius 2 is 2.39 bits per heavy atom. The van der Waals surface area contributed by atoms with Crippen molar-refractivity contribution in [3.8, 4) is 0 Å². The van der Waals surface area contributed by atoms with E-state index in [9.17, 15) is 4.79 Å². The molecule has 5 heteroatoms. The van der Waals surface area contributed by atoms with Crippen LogP contribution in [0.25, 0.3) is 0 Å². The molecule has 2 aliphatic rings. The zero-order chi connectivity index (χ0) is 12.8. The lowest BCUT2D eigenvalue weighted by atomic mass is 10.1. The number of likely N-dealkylation sites (tertiary alicyclic amines) is 1. The van der Waals surface area contributed by atoms with Gasteiger partial charge in [-0.25, -0.2) is 0 Å². The maximum Gasteiger partial charge on any atom is 0.224 e. The quantitative estimate of drug-likeness (QED) is 0.691. The highest BCUT2D eigenvalue weighted by Crippen LogP contribution is 2.16. The molecule has 0 aliphatic carbocycles. The van der Waals surface area contributed by atoms with Crippen molar-refractivity contribution in [3.05, 3.63) is 0 Å². The number of rotatable bonds is 6. The number of nitrogens with zero attached hydrogens (tertiary/aromatic N) is 1. The van der Waals surface area contributed by atoms with Crippen LogP contribution in [0.4, 0.5) is 0 Å². The largest absolute Gasteiger partial charge is 0.383 e. The minimum Gasteiger partial charge on any atom is -0.383 e. The van der Waals surface area contributed by atoms with E-state index in [0.29, 0.717) is 6.04 Å². The van der Waals surface area contributed by atoms with Crippen molar-refractivity contribution in [2.45, 2.75) is 25.3 Å². The van der Waals surface area contributed by atoms with Gasteiger partial charge in [0.05, 0.1) is 12.5 Å². The number of carbonyl (C=O) groups excluding carboxylic acids is 1. The summed E-state index contributed by atoms with van der Waals surface area (Å²) in [5.41, 5.74) is 0. The van der Waals surface area contributed by atoms with E-state index in [1.807, 2.05) is 0 Å². The number of amides is 1. The van der Waals surface area contributed by atoms with E-state index >= 15 is 0 Å². The van der Waals surface area contributed by atoms with Crippen molar-refractivity contribution in [1.82, 2.24) is 15.5 Å². The third-order valence-corrected chi connectivity index (χ3v) is 4.02. The molecule has 104 valence electrons. The summed E-state index contributed by atoms with van der Waals surface area (Å²) < 4.78 is 5.12. The van der Waals surface area contributed by atoms with Crippen molar-refractivity contribution in [2.24, 2.45) is 5.92 Å². The number of carbonyl (C=O) groups is 1. The van der Waals surface area contributed by atoms with Gasteiger partial charge in [0.2, 0.25) is 5.91 Å². The second-order valence-electron chi connectivity index (χ2n) is 5.26. The topological polar surface area (TPSA) is 53.6 Å². The van der Waals surface area contributed by atoms with Gasteiger partial charge in [-0.3, -0.25) is 9.69 Å². The van der Waals surface area contributed by atoms with Crippen LogP contribution in [0.3, 0.4) is 0 Å². The average Bonchev–Trinajstić information content (AvgIpc) is 3.04. The Morgan fingerprint density at radius 3 is 3.11 bits per heavy atom. The predicted octanol–water partition coefficient (Wildman–Crippen LogP) is -0.177. The van der Waals surface area contributed by atoms with Crippen LogP contribution in [0.2, 0.25) is 0 Å². The van der Waals surface area contributed by atoms with Crippen LogP contribution in [0.1, 0.15) is 19.3 Å². The number of ether oxygens (including phenoxy) is 1. The van der Waals surface area contributed by atoms with Crippen LogP contribution in [0.15, 0.2) is 0 Å². The van der Waals surface area contributed by atoms with Gasteiger partial charge < -0.3 is 15.4 Å². The third-order valence-electron chi connectivity index (χ3n) is 4.02.